The number of rotatable bonds is 3. The van der Waals surface area contributed by atoms with Gasteiger partial charge in [-0.2, -0.15) is 0 Å². The molecule has 0 aliphatic rings. The topological polar surface area (TPSA) is 90.6 Å². The highest BCUT2D eigenvalue weighted by molar-refractivity contribution is 5.98. The second kappa shape index (κ2) is 6.68. The zero-order valence-electron chi connectivity index (χ0n) is 13.9. The second-order valence-electron chi connectivity index (χ2n) is 6.34. The molecule has 0 aromatic heterocycles. The van der Waals surface area contributed by atoms with E-state index in [1.54, 1.807) is 47.6 Å². The summed E-state index contributed by atoms with van der Waals surface area (Å²) in [7, 11) is 0. The average Bonchev–Trinajstić information content (AvgIpc) is 2.29. The van der Waals surface area contributed by atoms with Crippen LogP contribution in [0.2, 0.25) is 0 Å². The van der Waals surface area contributed by atoms with Crippen LogP contribution >= 0.6 is 0 Å². The maximum Gasteiger partial charge on any atom is 0.412 e. The van der Waals surface area contributed by atoms with Crippen molar-refractivity contribution in [3.8, 4) is 0 Å². The molecule has 1 aromatic rings. The normalized spacial score (nSPS) is 11.2. The number of nitrogens with two attached hydrogens (primary N) is 1. The van der Waals surface area contributed by atoms with Crippen molar-refractivity contribution in [2.24, 2.45) is 0 Å². The predicted octanol–water partition coefficient (Wildman–Crippen LogP) is 3.49. The van der Waals surface area contributed by atoms with Crippen LogP contribution in [0.1, 0.15) is 50.5 Å². The highest BCUT2D eigenvalue weighted by Crippen LogP contribution is 2.24. The molecule has 0 aliphatic carbocycles. The van der Waals surface area contributed by atoms with E-state index in [1.165, 1.54) is 6.07 Å². The Morgan fingerprint density at radius 2 is 1.82 bits per heavy atom. The van der Waals surface area contributed by atoms with Gasteiger partial charge in [-0.25, -0.2) is 9.59 Å². The summed E-state index contributed by atoms with van der Waals surface area (Å²) in [5.41, 5.74) is 6.96. The van der Waals surface area contributed by atoms with Gasteiger partial charge in [0.1, 0.15) is 5.60 Å². The lowest BCUT2D eigenvalue weighted by Gasteiger charge is -2.20. The van der Waals surface area contributed by atoms with Crippen LogP contribution in [0.15, 0.2) is 12.1 Å². The van der Waals surface area contributed by atoms with E-state index in [2.05, 4.69) is 5.32 Å². The van der Waals surface area contributed by atoms with Gasteiger partial charge in [0.25, 0.3) is 0 Å². The van der Waals surface area contributed by atoms with Crippen LogP contribution in [0.3, 0.4) is 0 Å². The molecule has 0 saturated carbocycles. The Bertz CT molecular complexity index is 574. The predicted molar refractivity (Wildman–Crippen MR) is 86.0 cm³/mol. The van der Waals surface area contributed by atoms with E-state index < -0.39 is 17.7 Å². The number of hydrogen-bond acceptors (Lipinski definition) is 5. The summed E-state index contributed by atoms with van der Waals surface area (Å²) in [6, 6.07) is 3.16. The van der Waals surface area contributed by atoms with E-state index in [0.717, 1.165) is 0 Å². The van der Waals surface area contributed by atoms with Gasteiger partial charge in [0, 0.05) is 11.4 Å². The molecular weight excluding hydrogens is 284 g/mol. The van der Waals surface area contributed by atoms with Gasteiger partial charge in [-0.1, -0.05) is 0 Å². The summed E-state index contributed by atoms with van der Waals surface area (Å²) in [5, 5.41) is 2.59. The Balaban J connectivity index is 3.01. The Hall–Kier alpha value is -2.24. The van der Waals surface area contributed by atoms with Crippen molar-refractivity contribution in [3.63, 3.8) is 0 Å². The van der Waals surface area contributed by atoms with E-state index in [1.807, 2.05) is 0 Å². The van der Waals surface area contributed by atoms with Gasteiger partial charge < -0.3 is 15.2 Å². The Morgan fingerprint density at radius 3 is 2.32 bits per heavy atom. The Kier molecular flexibility index (Phi) is 5.41. The molecule has 0 aliphatic heterocycles. The van der Waals surface area contributed by atoms with E-state index >= 15 is 0 Å². The number of hydrogen-bond donors (Lipinski definition) is 2. The molecule has 0 radical (unpaired) electrons. The number of nitrogens with one attached hydrogen (secondary N) is 1. The first-order chi connectivity index (χ1) is 9.99. The Morgan fingerprint density at radius 1 is 1.23 bits per heavy atom. The first-order valence-electron chi connectivity index (χ1n) is 7.10. The molecule has 6 heteroatoms. The molecule has 0 heterocycles. The smallest absolute Gasteiger partial charge is 0.412 e. The third-order valence-corrected chi connectivity index (χ3v) is 2.59. The van der Waals surface area contributed by atoms with Crippen LogP contribution in [0.5, 0.6) is 0 Å². The number of esters is 1. The molecule has 1 rings (SSSR count). The number of benzene rings is 1. The maximum absolute atomic E-state index is 12.0. The van der Waals surface area contributed by atoms with E-state index in [9.17, 15) is 9.59 Å². The summed E-state index contributed by atoms with van der Waals surface area (Å²) in [5.74, 6) is -0.525. The van der Waals surface area contributed by atoms with Crippen LogP contribution in [0, 0.1) is 6.92 Å². The summed E-state index contributed by atoms with van der Waals surface area (Å²) < 4.78 is 10.3. The summed E-state index contributed by atoms with van der Waals surface area (Å²) in [6.07, 6.45) is -0.852. The molecule has 22 heavy (non-hydrogen) atoms. The van der Waals surface area contributed by atoms with Crippen molar-refractivity contribution >= 4 is 23.4 Å². The van der Waals surface area contributed by atoms with E-state index in [4.69, 9.17) is 15.2 Å². The molecule has 0 unspecified atom stereocenters. The van der Waals surface area contributed by atoms with Gasteiger partial charge in [-0.05, 0) is 59.2 Å². The first kappa shape index (κ1) is 17.8. The fraction of sp³-hybridized carbons (Fsp3) is 0.500. The second-order valence-corrected chi connectivity index (χ2v) is 6.34. The average molecular weight is 308 g/mol. The van der Waals surface area contributed by atoms with Gasteiger partial charge in [0.15, 0.2) is 0 Å². The number of carbonyl (C=O) groups is 2. The molecule has 1 aromatic carbocycles. The minimum atomic E-state index is -0.605. The standard InChI is InChI=1S/C16H24N2O4/c1-9(2)21-14(19)12-8-11(7-10(3)13(12)17)18-15(20)22-16(4,5)6/h7-9H,17H2,1-6H3,(H,18,20). The minimum absolute atomic E-state index is 0.222. The number of carbonyl (C=O) groups excluding carboxylic acids is 2. The highest BCUT2D eigenvalue weighted by atomic mass is 16.6. The molecule has 0 fully saturated rings. The number of amides is 1. The highest BCUT2D eigenvalue weighted by Gasteiger charge is 2.19. The van der Waals surface area contributed by atoms with Gasteiger partial charge >= 0.3 is 12.1 Å². The van der Waals surface area contributed by atoms with Gasteiger partial charge in [-0.3, -0.25) is 5.32 Å². The number of ether oxygens (including phenoxy) is 2. The maximum atomic E-state index is 12.0. The van der Waals surface area contributed by atoms with Crippen LogP contribution in [-0.4, -0.2) is 23.8 Å². The van der Waals surface area contributed by atoms with Crippen molar-refractivity contribution < 1.29 is 19.1 Å². The zero-order chi connectivity index (χ0) is 17.1. The van der Waals surface area contributed by atoms with Crippen molar-refractivity contribution in [2.75, 3.05) is 11.1 Å². The third kappa shape index (κ3) is 5.27. The molecular formula is C16H24N2O4. The van der Waals surface area contributed by atoms with Gasteiger partial charge in [0.2, 0.25) is 0 Å². The van der Waals surface area contributed by atoms with Gasteiger partial charge in [-0.15, -0.1) is 0 Å². The molecule has 0 bridgehead atoms. The van der Waals surface area contributed by atoms with Gasteiger partial charge in [0.05, 0.1) is 11.7 Å². The fourth-order valence-corrected chi connectivity index (χ4v) is 1.74. The third-order valence-electron chi connectivity index (χ3n) is 2.59. The molecule has 3 N–H and O–H groups in total. The molecule has 122 valence electrons. The molecule has 0 spiro atoms. The number of anilines is 2. The van der Waals surface area contributed by atoms with E-state index in [-0.39, 0.29) is 11.7 Å². The number of nitrogen functional groups attached to an aromatic ring is 1. The Labute approximate surface area is 131 Å². The van der Waals surface area contributed by atoms with Crippen LogP contribution in [-0.2, 0) is 9.47 Å². The fourth-order valence-electron chi connectivity index (χ4n) is 1.74. The summed E-state index contributed by atoms with van der Waals surface area (Å²) in [6.45, 7) is 10.6. The summed E-state index contributed by atoms with van der Waals surface area (Å²) >= 11 is 0. The first-order valence-corrected chi connectivity index (χ1v) is 7.10. The van der Waals surface area contributed by atoms with Crippen LogP contribution in [0.4, 0.5) is 16.2 Å². The summed E-state index contributed by atoms with van der Waals surface area (Å²) in [4.78, 5) is 23.9. The molecule has 6 nitrogen and oxygen atoms in total. The lowest BCUT2D eigenvalue weighted by atomic mass is 10.1. The zero-order valence-corrected chi connectivity index (χ0v) is 13.9. The van der Waals surface area contributed by atoms with Crippen LogP contribution < -0.4 is 11.1 Å². The lowest BCUT2D eigenvalue weighted by Crippen LogP contribution is -2.27. The van der Waals surface area contributed by atoms with Crippen molar-refractivity contribution in [1.82, 2.24) is 0 Å². The SMILES string of the molecule is Cc1cc(NC(=O)OC(C)(C)C)cc(C(=O)OC(C)C)c1N. The number of aryl methyl sites for hydroxylation is 1. The molecule has 0 saturated heterocycles. The monoisotopic (exact) mass is 308 g/mol. The largest absolute Gasteiger partial charge is 0.459 e. The van der Waals surface area contributed by atoms with E-state index in [0.29, 0.717) is 16.9 Å². The van der Waals surface area contributed by atoms with Crippen LogP contribution in [0.25, 0.3) is 0 Å². The quantitative estimate of drug-likeness (QED) is 0.659. The lowest BCUT2D eigenvalue weighted by molar-refractivity contribution is 0.0378. The molecule has 1 amide bonds. The molecule has 0 atom stereocenters. The minimum Gasteiger partial charge on any atom is -0.459 e. The van der Waals surface area contributed by atoms with Crippen molar-refractivity contribution in [3.05, 3.63) is 23.3 Å². The van der Waals surface area contributed by atoms with Crippen molar-refractivity contribution in [1.29, 1.82) is 0 Å². The van der Waals surface area contributed by atoms with Crippen molar-refractivity contribution in [2.45, 2.75) is 53.2 Å².